The Bertz CT molecular complexity index is 1290. The highest BCUT2D eigenvalue weighted by Crippen LogP contribution is 2.23. The second kappa shape index (κ2) is 12.8. The molecular formula is C25H26F2N4O4S. The van der Waals surface area contributed by atoms with Crippen molar-refractivity contribution in [3.63, 3.8) is 0 Å². The fraction of sp³-hybridized carbons (Fsp3) is 0.280. The maximum Gasteiger partial charge on any atom is 0.332 e. The Labute approximate surface area is 208 Å². The molecule has 1 heterocycles. The molecule has 3 rings (SSSR count). The summed E-state index contributed by atoms with van der Waals surface area (Å²) in [5.41, 5.74) is 2.38. The van der Waals surface area contributed by atoms with E-state index >= 15 is 0 Å². The first-order valence-corrected chi connectivity index (χ1v) is 12.7. The van der Waals surface area contributed by atoms with Gasteiger partial charge in [-0.3, -0.25) is 19.6 Å². The van der Waals surface area contributed by atoms with Crippen LogP contribution in [0, 0.1) is 5.82 Å². The molecule has 0 saturated heterocycles. The van der Waals surface area contributed by atoms with Crippen molar-refractivity contribution in [2.75, 3.05) is 13.1 Å². The van der Waals surface area contributed by atoms with Gasteiger partial charge in [0, 0.05) is 43.4 Å². The average Bonchev–Trinajstić information content (AvgIpc) is 2.85. The number of carbonyl (C=O) groups excluding carboxylic acids is 2. The van der Waals surface area contributed by atoms with Crippen LogP contribution in [-0.2, 0) is 21.4 Å². The number of amides is 2. The van der Waals surface area contributed by atoms with Gasteiger partial charge in [0.15, 0.2) is 0 Å². The monoisotopic (exact) mass is 516 g/mol. The van der Waals surface area contributed by atoms with Gasteiger partial charge in [0.1, 0.15) is 5.82 Å². The van der Waals surface area contributed by atoms with Crippen LogP contribution in [-0.4, -0.2) is 43.8 Å². The van der Waals surface area contributed by atoms with Gasteiger partial charge in [-0.2, -0.15) is 8.42 Å². The van der Waals surface area contributed by atoms with Crippen molar-refractivity contribution in [3.8, 4) is 0 Å². The largest absolute Gasteiger partial charge is 0.359 e. The molecule has 0 fully saturated rings. The number of rotatable bonds is 13. The van der Waals surface area contributed by atoms with Crippen LogP contribution in [0.5, 0.6) is 0 Å². The SMILES string of the molecule is O=CNCCCC(CCNC(=O)c1ccc(S(=O)(=O)F)cc1)c1cncc(Cc2cccc(F)c2)n1. The van der Waals surface area contributed by atoms with Gasteiger partial charge in [-0.15, -0.1) is 3.89 Å². The van der Waals surface area contributed by atoms with E-state index in [1.165, 1.54) is 24.3 Å². The first-order chi connectivity index (χ1) is 17.3. The zero-order chi connectivity index (χ0) is 26.0. The Morgan fingerprint density at radius 1 is 1.06 bits per heavy atom. The summed E-state index contributed by atoms with van der Waals surface area (Å²) >= 11 is 0. The summed E-state index contributed by atoms with van der Waals surface area (Å²) < 4.78 is 48.5. The zero-order valence-electron chi connectivity index (χ0n) is 19.4. The number of hydrogen-bond acceptors (Lipinski definition) is 6. The highest BCUT2D eigenvalue weighted by molar-refractivity contribution is 7.86. The van der Waals surface area contributed by atoms with Gasteiger partial charge in [-0.05, 0) is 61.2 Å². The fourth-order valence-electron chi connectivity index (χ4n) is 3.74. The van der Waals surface area contributed by atoms with Crippen molar-refractivity contribution in [2.24, 2.45) is 0 Å². The Morgan fingerprint density at radius 2 is 1.83 bits per heavy atom. The lowest BCUT2D eigenvalue weighted by Gasteiger charge is -2.17. The lowest BCUT2D eigenvalue weighted by atomic mass is 9.95. The maximum atomic E-state index is 13.5. The van der Waals surface area contributed by atoms with E-state index in [1.54, 1.807) is 18.5 Å². The molecule has 0 aliphatic carbocycles. The number of carbonyl (C=O) groups is 2. The molecule has 2 aromatic carbocycles. The number of benzene rings is 2. The van der Waals surface area contributed by atoms with Gasteiger partial charge in [-0.25, -0.2) is 4.39 Å². The first-order valence-electron chi connectivity index (χ1n) is 11.3. The van der Waals surface area contributed by atoms with Gasteiger partial charge in [0.2, 0.25) is 6.41 Å². The Hall–Kier alpha value is -3.73. The summed E-state index contributed by atoms with van der Waals surface area (Å²) in [6.07, 6.45) is 6.23. The van der Waals surface area contributed by atoms with Crippen molar-refractivity contribution in [1.29, 1.82) is 0 Å². The van der Waals surface area contributed by atoms with Gasteiger partial charge in [-0.1, -0.05) is 12.1 Å². The van der Waals surface area contributed by atoms with E-state index in [4.69, 9.17) is 4.98 Å². The van der Waals surface area contributed by atoms with Crippen LogP contribution in [0.15, 0.2) is 65.8 Å². The molecule has 1 atom stereocenters. The third-order valence-corrected chi connectivity index (χ3v) is 6.36. The second-order valence-corrected chi connectivity index (χ2v) is 9.51. The number of nitrogens with one attached hydrogen (secondary N) is 2. The van der Waals surface area contributed by atoms with Crippen LogP contribution in [0.4, 0.5) is 8.28 Å². The highest BCUT2D eigenvalue weighted by Gasteiger charge is 2.16. The summed E-state index contributed by atoms with van der Waals surface area (Å²) in [5.74, 6) is -0.822. The first kappa shape index (κ1) is 26.9. The van der Waals surface area contributed by atoms with Crippen LogP contribution in [0.25, 0.3) is 0 Å². The fourth-order valence-corrected chi connectivity index (χ4v) is 4.20. The molecule has 11 heteroatoms. The molecule has 8 nitrogen and oxygen atoms in total. The van der Waals surface area contributed by atoms with Gasteiger partial charge in [0.05, 0.1) is 16.3 Å². The Balaban J connectivity index is 1.65. The Kier molecular flexibility index (Phi) is 9.57. The van der Waals surface area contributed by atoms with Crippen LogP contribution < -0.4 is 10.6 Å². The lowest BCUT2D eigenvalue weighted by Crippen LogP contribution is -2.26. The summed E-state index contributed by atoms with van der Waals surface area (Å²) in [6, 6.07) is 10.8. The molecule has 36 heavy (non-hydrogen) atoms. The minimum atomic E-state index is -4.83. The number of aromatic nitrogens is 2. The summed E-state index contributed by atoms with van der Waals surface area (Å²) in [5, 5.41) is 5.40. The van der Waals surface area contributed by atoms with Gasteiger partial charge in [0.25, 0.3) is 5.91 Å². The van der Waals surface area contributed by atoms with E-state index in [2.05, 4.69) is 15.6 Å². The van der Waals surface area contributed by atoms with Crippen LogP contribution >= 0.6 is 0 Å². The van der Waals surface area contributed by atoms with E-state index in [0.29, 0.717) is 50.9 Å². The molecule has 1 aromatic heterocycles. The van der Waals surface area contributed by atoms with Crippen LogP contribution in [0.1, 0.15) is 52.5 Å². The molecule has 2 amide bonds. The summed E-state index contributed by atoms with van der Waals surface area (Å²) in [4.78, 5) is 31.5. The molecule has 0 aliphatic rings. The molecule has 2 N–H and O–H groups in total. The summed E-state index contributed by atoms with van der Waals surface area (Å²) in [6.45, 7) is 0.788. The van der Waals surface area contributed by atoms with E-state index in [0.717, 1.165) is 23.4 Å². The summed E-state index contributed by atoms with van der Waals surface area (Å²) in [7, 11) is -4.83. The second-order valence-electron chi connectivity index (χ2n) is 8.16. The lowest BCUT2D eigenvalue weighted by molar-refractivity contribution is -0.109. The van der Waals surface area contributed by atoms with Crippen molar-refractivity contribution in [3.05, 3.63) is 89.3 Å². The van der Waals surface area contributed by atoms with E-state index in [-0.39, 0.29) is 17.3 Å². The molecule has 0 saturated carbocycles. The van der Waals surface area contributed by atoms with E-state index in [9.17, 15) is 26.3 Å². The third-order valence-electron chi connectivity index (χ3n) is 5.53. The van der Waals surface area contributed by atoms with Crippen molar-refractivity contribution < 1.29 is 26.3 Å². The average molecular weight is 517 g/mol. The van der Waals surface area contributed by atoms with Gasteiger partial charge < -0.3 is 10.6 Å². The highest BCUT2D eigenvalue weighted by atomic mass is 32.3. The van der Waals surface area contributed by atoms with Crippen molar-refractivity contribution >= 4 is 22.5 Å². The molecule has 0 aliphatic heterocycles. The molecule has 190 valence electrons. The molecule has 0 radical (unpaired) electrons. The number of halogens is 2. The molecule has 3 aromatic rings. The smallest absolute Gasteiger partial charge is 0.332 e. The third kappa shape index (κ3) is 8.19. The van der Waals surface area contributed by atoms with E-state index < -0.39 is 21.0 Å². The maximum absolute atomic E-state index is 13.5. The normalized spacial score (nSPS) is 12.1. The van der Waals surface area contributed by atoms with Crippen molar-refractivity contribution in [1.82, 2.24) is 20.6 Å². The molecular weight excluding hydrogens is 490 g/mol. The zero-order valence-corrected chi connectivity index (χ0v) is 20.2. The van der Waals surface area contributed by atoms with Crippen LogP contribution in [0.2, 0.25) is 0 Å². The standard InChI is InChI=1S/C25H26F2N4O4S/c26-21-5-1-3-18(13-21)14-22-15-29-16-24(31-22)19(4-2-11-28-17-32)10-12-30-25(33)20-6-8-23(9-7-20)36(27,34)35/h1,3,5-9,13,15-17,19H,2,4,10-12,14H2,(H,28,32)(H,30,33). The minimum absolute atomic E-state index is 0.0715. The molecule has 0 bridgehead atoms. The van der Waals surface area contributed by atoms with E-state index in [1.807, 2.05) is 6.07 Å². The molecule has 0 spiro atoms. The quantitative estimate of drug-likeness (QED) is 0.205. The molecule has 1 unspecified atom stereocenters. The predicted molar refractivity (Wildman–Crippen MR) is 129 cm³/mol. The predicted octanol–water partition coefficient (Wildman–Crippen LogP) is 3.29. The van der Waals surface area contributed by atoms with Gasteiger partial charge >= 0.3 is 10.2 Å². The number of nitrogens with zero attached hydrogens (tertiary/aromatic N) is 2. The minimum Gasteiger partial charge on any atom is -0.359 e. The van der Waals surface area contributed by atoms with Crippen molar-refractivity contribution in [2.45, 2.75) is 36.5 Å². The Morgan fingerprint density at radius 3 is 2.53 bits per heavy atom. The number of hydrogen-bond donors (Lipinski definition) is 2. The van der Waals surface area contributed by atoms with Crippen LogP contribution in [0.3, 0.4) is 0 Å². The topological polar surface area (TPSA) is 118 Å².